The van der Waals surface area contributed by atoms with E-state index in [0.717, 1.165) is 26.1 Å². The predicted molar refractivity (Wildman–Crippen MR) is 88.6 cm³/mol. The van der Waals surface area contributed by atoms with Gasteiger partial charge in [0.05, 0.1) is 0 Å². The van der Waals surface area contributed by atoms with Crippen LogP contribution >= 0.6 is 0 Å². The summed E-state index contributed by atoms with van der Waals surface area (Å²) in [7, 11) is 0. The lowest BCUT2D eigenvalue weighted by atomic mass is 9.76. The Bertz CT molecular complexity index is 511. The van der Waals surface area contributed by atoms with Gasteiger partial charge in [-0.1, -0.05) is 44.2 Å². The summed E-state index contributed by atoms with van der Waals surface area (Å²) in [5.74, 6) is 0.609. The van der Waals surface area contributed by atoms with Crippen molar-refractivity contribution in [1.82, 2.24) is 4.90 Å². The lowest BCUT2D eigenvalue weighted by molar-refractivity contribution is -0.134. The first-order chi connectivity index (χ1) is 10.5. The molecule has 1 aromatic carbocycles. The second kappa shape index (κ2) is 7.68. The Labute approximate surface area is 133 Å². The average Bonchev–Trinajstić information content (AvgIpc) is 2.51. The molecule has 3 heteroatoms. The van der Waals surface area contributed by atoms with Crippen LogP contribution in [0.15, 0.2) is 30.3 Å². The Kier molecular flexibility index (Phi) is 5.90. The fourth-order valence-electron chi connectivity index (χ4n) is 3.24. The number of piperidine rings is 1. The molecule has 120 valence electrons. The minimum absolute atomic E-state index is 0.289. The highest BCUT2D eigenvalue weighted by Gasteiger charge is 2.38. The molecule has 1 aliphatic heterocycles. The molecule has 0 aromatic heterocycles. The summed E-state index contributed by atoms with van der Waals surface area (Å²) in [4.78, 5) is 26.5. The van der Waals surface area contributed by atoms with Crippen molar-refractivity contribution in [2.24, 2.45) is 5.41 Å². The molecule has 1 aromatic rings. The molecule has 0 saturated carbocycles. The smallest absolute Gasteiger partial charge is 0.141 e. The van der Waals surface area contributed by atoms with E-state index >= 15 is 0 Å². The second-order valence-electron chi connectivity index (χ2n) is 6.72. The average molecular weight is 301 g/mol. The Morgan fingerprint density at radius 1 is 1.23 bits per heavy atom. The lowest BCUT2D eigenvalue weighted by Gasteiger charge is -2.39. The zero-order chi connectivity index (χ0) is 16.0. The number of nitrogens with zero attached hydrogens (tertiary/aromatic N) is 1. The van der Waals surface area contributed by atoms with Crippen molar-refractivity contribution in [2.75, 3.05) is 13.1 Å². The van der Waals surface area contributed by atoms with Crippen LogP contribution in [0.5, 0.6) is 0 Å². The van der Waals surface area contributed by atoms with Crippen molar-refractivity contribution in [3.8, 4) is 0 Å². The minimum atomic E-state index is -0.365. The number of hydrogen-bond donors (Lipinski definition) is 0. The molecule has 2 rings (SSSR count). The number of carbonyl (C=O) groups excluding carboxylic acids is 2. The Balaban J connectivity index is 1.94. The highest BCUT2D eigenvalue weighted by Crippen LogP contribution is 2.32. The molecule has 0 unspecified atom stereocenters. The van der Waals surface area contributed by atoms with Crippen LogP contribution in [-0.2, 0) is 16.1 Å². The van der Waals surface area contributed by atoms with Gasteiger partial charge in [0.1, 0.15) is 11.6 Å². The van der Waals surface area contributed by atoms with E-state index in [1.54, 1.807) is 0 Å². The van der Waals surface area contributed by atoms with E-state index < -0.39 is 0 Å². The van der Waals surface area contributed by atoms with E-state index in [9.17, 15) is 9.59 Å². The molecule has 3 nitrogen and oxygen atoms in total. The molecule has 0 bridgehead atoms. The summed E-state index contributed by atoms with van der Waals surface area (Å²) >= 11 is 0. The zero-order valence-corrected chi connectivity index (χ0v) is 13.8. The van der Waals surface area contributed by atoms with Crippen molar-refractivity contribution < 1.29 is 9.59 Å². The molecular formula is C19H27NO2. The fraction of sp³-hybridized carbons (Fsp3) is 0.579. The van der Waals surface area contributed by atoms with Crippen LogP contribution in [0.4, 0.5) is 0 Å². The minimum Gasteiger partial charge on any atom is -0.300 e. The van der Waals surface area contributed by atoms with Crippen molar-refractivity contribution in [3.05, 3.63) is 35.9 Å². The van der Waals surface area contributed by atoms with Gasteiger partial charge >= 0.3 is 0 Å². The molecule has 22 heavy (non-hydrogen) atoms. The highest BCUT2D eigenvalue weighted by atomic mass is 16.1. The van der Waals surface area contributed by atoms with Gasteiger partial charge in [0.2, 0.25) is 0 Å². The van der Waals surface area contributed by atoms with Gasteiger partial charge in [-0.05, 0) is 18.4 Å². The summed E-state index contributed by atoms with van der Waals surface area (Å²) in [5, 5.41) is 0. The third-order valence-electron chi connectivity index (χ3n) is 4.63. The maximum Gasteiger partial charge on any atom is 0.141 e. The fourth-order valence-corrected chi connectivity index (χ4v) is 3.24. The van der Waals surface area contributed by atoms with Crippen LogP contribution in [0.2, 0.25) is 0 Å². The largest absolute Gasteiger partial charge is 0.300 e. The second-order valence-corrected chi connectivity index (χ2v) is 6.72. The highest BCUT2D eigenvalue weighted by molar-refractivity contribution is 5.86. The van der Waals surface area contributed by atoms with Crippen molar-refractivity contribution >= 4 is 11.6 Å². The molecule has 0 aliphatic carbocycles. The van der Waals surface area contributed by atoms with Gasteiger partial charge in [-0.25, -0.2) is 0 Å². The van der Waals surface area contributed by atoms with E-state index in [1.165, 1.54) is 5.56 Å². The Morgan fingerprint density at radius 2 is 1.95 bits per heavy atom. The quantitative estimate of drug-likeness (QED) is 0.772. The molecule has 1 heterocycles. The molecule has 0 spiro atoms. The molecule has 1 atom stereocenters. The Morgan fingerprint density at radius 3 is 2.64 bits per heavy atom. The maximum atomic E-state index is 12.3. The molecule has 1 fully saturated rings. The van der Waals surface area contributed by atoms with E-state index in [0.29, 0.717) is 31.5 Å². The van der Waals surface area contributed by atoms with Gasteiger partial charge in [-0.3, -0.25) is 14.5 Å². The van der Waals surface area contributed by atoms with Gasteiger partial charge in [-0.15, -0.1) is 0 Å². The van der Waals surface area contributed by atoms with Gasteiger partial charge in [0.15, 0.2) is 0 Å². The lowest BCUT2D eigenvalue weighted by Crippen LogP contribution is -2.47. The van der Waals surface area contributed by atoms with Crippen molar-refractivity contribution in [3.63, 3.8) is 0 Å². The van der Waals surface area contributed by atoms with Crippen LogP contribution in [0.1, 0.15) is 51.5 Å². The Hall–Kier alpha value is -1.48. The van der Waals surface area contributed by atoms with E-state index in [4.69, 9.17) is 0 Å². The molecule has 0 amide bonds. The number of hydrogen-bond acceptors (Lipinski definition) is 3. The number of Topliss-reactive ketones (excluding diaryl/α,β-unsaturated/α-hetero) is 2. The van der Waals surface area contributed by atoms with Gasteiger partial charge < -0.3 is 0 Å². The number of carbonyl (C=O) groups is 2. The topological polar surface area (TPSA) is 37.4 Å². The van der Waals surface area contributed by atoms with E-state index in [2.05, 4.69) is 17.0 Å². The van der Waals surface area contributed by atoms with Crippen LogP contribution < -0.4 is 0 Å². The zero-order valence-electron chi connectivity index (χ0n) is 13.8. The molecule has 1 aliphatic rings. The van der Waals surface area contributed by atoms with E-state index in [-0.39, 0.29) is 11.2 Å². The van der Waals surface area contributed by atoms with Crippen molar-refractivity contribution in [2.45, 2.75) is 52.5 Å². The standard InChI is InChI=1S/C19H27NO2/c1-3-7-17(21)10-12-19(2)15-20(13-11-18(19)22)14-16-8-5-4-6-9-16/h4-6,8-9H,3,7,10-15H2,1-2H3/t19-/m0/s1. The number of rotatable bonds is 7. The molecular weight excluding hydrogens is 274 g/mol. The third kappa shape index (κ3) is 4.51. The van der Waals surface area contributed by atoms with Crippen LogP contribution in [0, 0.1) is 5.41 Å². The summed E-state index contributed by atoms with van der Waals surface area (Å²) in [6.07, 6.45) is 3.36. The predicted octanol–water partition coefficient (Wildman–Crippen LogP) is 3.62. The summed E-state index contributed by atoms with van der Waals surface area (Å²) < 4.78 is 0. The van der Waals surface area contributed by atoms with Gasteiger partial charge in [-0.2, -0.15) is 0 Å². The van der Waals surface area contributed by atoms with E-state index in [1.807, 2.05) is 32.0 Å². The monoisotopic (exact) mass is 301 g/mol. The first-order valence-corrected chi connectivity index (χ1v) is 8.35. The third-order valence-corrected chi connectivity index (χ3v) is 4.63. The first-order valence-electron chi connectivity index (χ1n) is 8.35. The summed E-state index contributed by atoms with van der Waals surface area (Å²) in [5.41, 5.74) is 0.914. The van der Waals surface area contributed by atoms with Crippen LogP contribution in [0.3, 0.4) is 0 Å². The van der Waals surface area contributed by atoms with Gasteiger partial charge in [0, 0.05) is 44.3 Å². The SMILES string of the molecule is CCCC(=O)CC[C@@]1(C)CN(Cc2ccccc2)CCC1=O. The summed E-state index contributed by atoms with van der Waals surface area (Å²) in [6, 6.07) is 10.4. The number of likely N-dealkylation sites (tertiary alicyclic amines) is 1. The maximum absolute atomic E-state index is 12.3. The van der Waals surface area contributed by atoms with Crippen molar-refractivity contribution in [1.29, 1.82) is 0 Å². The first kappa shape index (κ1) is 16.9. The number of ketones is 2. The number of benzene rings is 1. The molecule has 0 radical (unpaired) electrons. The molecule has 0 N–H and O–H groups in total. The van der Waals surface area contributed by atoms with Crippen LogP contribution in [-0.4, -0.2) is 29.6 Å². The summed E-state index contributed by atoms with van der Waals surface area (Å²) in [6.45, 7) is 6.53. The van der Waals surface area contributed by atoms with Gasteiger partial charge in [0.25, 0.3) is 0 Å². The molecule has 1 saturated heterocycles. The van der Waals surface area contributed by atoms with Crippen LogP contribution in [0.25, 0.3) is 0 Å². The normalized spacial score (nSPS) is 22.7.